The predicted molar refractivity (Wildman–Crippen MR) is 61.0 cm³/mol. The van der Waals surface area contributed by atoms with Crippen LogP contribution in [0.2, 0.25) is 0 Å². The van der Waals surface area contributed by atoms with Crippen LogP contribution >= 0.6 is 0 Å². The van der Waals surface area contributed by atoms with Crippen molar-refractivity contribution >= 4 is 5.91 Å². The Bertz CT molecular complexity index is 409. The molecule has 0 saturated heterocycles. The summed E-state index contributed by atoms with van der Waals surface area (Å²) in [6.07, 6.45) is 2.73. The van der Waals surface area contributed by atoms with Gasteiger partial charge in [0.05, 0.1) is 0 Å². The largest absolute Gasteiger partial charge is 0.335 e. The molecule has 2 heteroatoms. The van der Waals surface area contributed by atoms with Gasteiger partial charge in [0.25, 0.3) is 5.91 Å². The lowest BCUT2D eigenvalue weighted by Gasteiger charge is -2.27. The van der Waals surface area contributed by atoms with E-state index in [4.69, 9.17) is 0 Å². The average Bonchev–Trinajstić information content (AvgIpc) is 2.22. The van der Waals surface area contributed by atoms with Crippen LogP contribution in [-0.2, 0) is 6.42 Å². The summed E-state index contributed by atoms with van der Waals surface area (Å²) in [6.45, 7) is 7.17. The number of hydrogen-bond acceptors (Lipinski definition) is 1. The van der Waals surface area contributed by atoms with Gasteiger partial charge in [-0.2, -0.15) is 0 Å². The molecule has 15 heavy (non-hydrogen) atoms. The van der Waals surface area contributed by atoms with Crippen molar-refractivity contribution in [1.82, 2.24) is 4.90 Å². The number of rotatable bonds is 2. The summed E-state index contributed by atoms with van der Waals surface area (Å²) in [5.74, 6) is 0.135. The number of hydrogen-bond donors (Lipinski definition) is 0. The van der Waals surface area contributed by atoms with Crippen LogP contribution < -0.4 is 0 Å². The molecule has 0 N–H and O–H groups in total. The first-order valence-corrected chi connectivity index (χ1v) is 5.22. The normalized spacial score (nSPS) is 15.0. The SMILES string of the molecule is C=CCN1CCc2cc(C)ccc2C1=O. The molecule has 1 aromatic carbocycles. The van der Waals surface area contributed by atoms with Gasteiger partial charge in [-0.15, -0.1) is 6.58 Å². The van der Waals surface area contributed by atoms with E-state index in [-0.39, 0.29) is 5.91 Å². The van der Waals surface area contributed by atoms with E-state index in [1.54, 1.807) is 6.08 Å². The second-order valence-corrected chi connectivity index (χ2v) is 3.95. The average molecular weight is 201 g/mol. The maximum atomic E-state index is 12.0. The first kappa shape index (κ1) is 9.97. The fraction of sp³-hybridized carbons (Fsp3) is 0.308. The fourth-order valence-electron chi connectivity index (χ4n) is 2.00. The minimum absolute atomic E-state index is 0.135. The molecule has 0 aliphatic carbocycles. The number of fused-ring (bicyclic) bond motifs is 1. The fourth-order valence-corrected chi connectivity index (χ4v) is 2.00. The third kappa shape index (κ3) is 1.80. The molecule has 1 aliphatic heterocycles. The van der Waals surface area contributed by atoms with E-state index in [1.807, 2.05) is 17.0 Å². The van der Waals surface area contributed by atoms with Gasteiger partial charge in [0.15, 0.2) is 0 Å². The van der Waals surface area contributed by atoms with Crippen LogP contribution in [0, 0.1) is 6.92 Å². The Morgan fingerprint density at radius 1 is 1.53 bits per heavy atom. The van der Waals surface area contributed by atoms with E-state index < -0.39 is 0 Å². The monoisotopic (exact) mass is 201 g/mol. The molecule has 0 unspecified atom stereocenters. The number of amides is 1. The molecule has 2 rings (SSSR count). The molecule has 0 radical (unpaired) electrons. The van der Waals surface area contributed by atoms with Crippen molar-refractivity contribution in [2.75, 3.05) is 13.1 Å². The molecule has 0 atom stereocenters. The Morgan fingerprint density at radius 2 is 2.33 bits per heavy atom. The summed E-state index contributed by atoms with van der Waals surface area (Å²) in [5.41, 5.74) is 3.26. The van der Waals surface area contributed by atoms with E-state index >= 15 is 0 Å². The number of benzene rings is 1. The van der Waals surface area contributed by atoms with Gasteiger partial charge in [0.1, 0.15) is 0 Å². The van der Waals surface area contributed by atoms with Crippen molar-refractivity contribution in [2.24, 2.45) is 0 Å². The number of nitrogens with zero attached hydrogens (tertiary/aromatic N) is 1. The number of carbonyl (C=O) groups is 1. The highest BCUT2D eigenvalue weighted by Gasteiger charge is 2.22. The van der Waals surface area contributed by atoms with E-state index in [2.05, 4.69) is 19.6 Å². The Morgan fingerprint density at radius 3 is 3.07 bits per heavy atom. The molecule has 0 bridgehead atoms. The van der Waals surface area contributed by atoms with Gasteiger partial charge >= 0.3 is 0 Å². The quantitative estimate of drug-likeness (QED) is 0.672. The van der Waals surface area contributed by atoms with Gasteiger partial charge in [-0.1, -0.05) is 23.8 Å². The Labute approximate surface area is 90.2 Å². The van der Waals surface area contributed by atoms with Crippen molar-refractivity contribution in [3.05, 3.63) is 47.5 Å². The second kappa shape index (κ2) is 3.89. The zero-order valence-corrected chi connectivity index (χ0v) is 8.99. The zero-order valence-electron chi connectivity index (χ0n) is 8.99. The lowest BCUT2D eigenvalue weighted by Crippen LogP contribution is -2.37. The van der Waals surface area contributed by atoms with Crippen molar-refractivity contribution in [3.63, 3.8) is 0 Å². The van der Waals surface area contributed by atoms with Crippen molar-refractivity contribution in [3.8, 4) is 0 Å². The summed E-state index contributed by atoms with van der Waals surface area (Å²) in [6, 6.07) is 6.04. The third-order valence-electron chi connectivity index (χ3n) is 2.78. The summed E-state index contributed by atoms with van der Waals surface area (Å²) < 4.78 is 0. The van der Waals surface area contributed by atoms with Crippen LogP contribution in [0.15, 0.2) is 30.9 Å². The predicted octanol–water partition coefficient (Wildman–Crippen LogP) is 2.18. The third-order valence-corrected chi connectivity index (χ3v) is 2.78. The van der Waals surface area contributed by atoms with Crippen LogP contribution in [0.3, 0.4) is 0 Å². The standard InChI is InChI=1S/C13H15NO/c1-3-7-14-8-6-11-9-10(2)4-5-12(11)13(14)15/h3-5,9H,1,6-8H2,2H3. The van der Waals surface area contributed by atoms with E-state index in [1.165, 1.54) is 11.1 Å². The maximum absolute atomic E-state index is 12.0. The molecule has 0 spiro atoms. The lowest BCUT2D eigenvalue weighted by molar-refractivity contribution is 0.0759. The Kier molecular flexibility index (Phi) is 2.58. The minimum Gasteiger partial charge on any atom is -0.335 e. The first-order valence-electron chi connectivity index (χ1n) is 5.22. The van der Waals surface area contributed by atoms with Crippen LogP contribution in [-0.4, -0.2) is 23.9 Å². The van der Waals surface area contributed by atoms with Gasteiger partial charge in [0.2, 0.25) is 0 Å². The summed E-state index contributed by atoms with van der Waals surface area (Å²) >= 11 is 0. The second-order valence-electron chi connectivity index (χ2n) is 3.95. The van der Waals surface area contributed by atoms with Gasteiger partial charge in [-0.25, -0.2) is 0 Å². The molecule has 78 valence electrons. The smallest absolute Gasteiger partial charge is 0.254 e. The van der Waals surface area contributed by atoms with Crippen LogP contribution in [0.4, 0.5) is 0 Å². The maximum Gasteiger partial charge on any atom is 0.254 e. The summed E-state index contributed by atoms with van der Waals surface area (Å²) in [7, 11) is 0. The van der Waals surface area contributed by atoms with E-state index in [0.29, 0.717) is 6.54 Å². The first-order chi connectivity index (χ1) is 7.22. The van der Waals surface area contributed by atoms with E-state index in [9.17, 15) is 4.79 Å². The highest BCUT2D eigenvalue weighted by Crippen LogP contribution is 2.19. The molecule has 1 heterocycles. The summed E-state index contributed by atoms with van der Waals surface area (Å²) in [5, 5.41) is 0. The molecule has 0 fully saturated rings. The molecule has 2 nitrogen and oxygen atoms in total. The van der Waals surface area contributed by atoms with Crippen molar-refractivity contribution < 1.29 is 4.79 Å². The summed E-state index contributed by atoms with van der Waals surface area (Å²) in [4.78, 5) is 13.8. The van der Waals surface area contributed by atoms with Gasteiger partial charge < -0.3 is 4.90 Å². The van der Waals surface area contributed by atoms with Crippen LogP contribution in [0.1, 0.15) is 21.5 Å². The highest BCUT2D eigenvalue weighted by atomic mass is 16.2. The molecule has 1 aromatic rings. The Balaban J connectivity index is 2.34. The van der Waals surface area contributed by atoms with Crippen LogP contribution in [0.5, 0.6) is 0 Å². The van der Waals surface area contributed by atoms with Crippen LogP contribution in [0.25, 0.3) is 0 Å². The zero-order chi connectivity index (χ0) is 10.8. The van der Waals surface area contributed by atoms with Gasteiger partial charge in [0, 0.05) is 18.7 Å². The number of carbonyl (C=O) groups excluding carboxylic acids is 1. The Hall–Kier alpha value is -1.57. The molecule has 1 aliphatic rings. The number of aryl methyl sites for hydroxylation is 1. The van der Waals surface area contributed by atoms with Crippen molar-refractivity contribution in [1.29, 1.82) is 0 Å². The molecule has 1 amide bonds. The topological polar surface area (TPSA) is 20.3 Å². The van der Waals surface area contributed by atoms with Gasteiger partial charge in [-0.3, -0.25) is 4.79 Å². The van der Waals surface area contributed by atoms with Gasteiger partial charge in [-0.05, 0) is 25.0 Å². The molecule has 0 aromatic heterocycles. The molecular formula is C13H15NO. The highest BCUT2D eigenvalue weighted by molar-refractivity contribution is 5.96. The lowest BCUT2D eigenvalue weighted by atomic mass is 9.97. The van der Waals surface area contributed by atoms with Crippen molar-refractivity contribution in [2.45, 2.75) is 13.3 Å². The molecular weight excluding hydrogens is 186 g/mol. The van der Waals surface area contributed by atoms with E-state index in [0.717, 1.165) is 18.5 Å². The minimum atomic E-state index is 0.135. The molecule has 0 saturated carbocycles.